The van der Waals surface area contributed by atoms with Crippen molar-refractivity contribution in [2.75, 3.05) is 19.8 Å². The lowest BCUT2D eigenvalue weighted by Gasteiger charge is -2.43. The highest BCUT2D eigenvalue weighted by Crippen LogP contribution is 2.48. The fourth-order valence-corrected chi connectivity index (χ4v) is 9.40. The number of carboxylic acids is 1. The minimum atomic E-state index is -1.94. The van der Waals surface area contributed by atoms with Crippen LogP contribution in [0, 0.1) is 0 Å². The quantitative estimate of drug-likeness (QED) is 0.0518. The molecule has 3 saturated heterocycles. The van der Waals surface area contributed by atoms with E-state index in [1.807, 2.05) is 34.6 Å². The molecule has 3 fully saturated rings. The first-order chi connectivity index (χ1) is 26.3. The normalized spacial score (nSPS) is 25.4. The number of allylic oxidation sites excluding steroid dienone is 1. The predicted octanol–water partition coefficient (Wildman–Crippen LogP) is 11.7. The van der Waals surface area contributed by atoms with E-state index in [0.717, 1.165) is 57.8 Å². The maximum absolute atomic E-state index is 12.8. The molecular weight excluding hydrogens is 727 g/mol. The standard InChI is InChI=1S/C45H83NO9Si/c1-42(2,3)54-41(49)46-36(35-51-44(46,7)8)34-50-33-27-23-19-17-15-13-11-12-14-16-18-22-26-31-45-32-30-38(55-56(9,10)43(4,5)6)40(53-45)37(52-45)28-24-20-21-25-29-39(47)48/h25,29,36-38,40H,11-24,26-28,30-35H2,1-10H3,(H,47,48)/b29-25+/t36-,37+,38-,40?,45?/m0/s1. The van der Waals surface area contributed by atoms with E-state index >= 15 is 0 Å². The number of amides is 1. The van der Waals surface area contributed by atoms with Gasteiger partial charge in [-0.05, 0) is 91.3 Å². The van der Waals surface area contributed by atoms with Crippen molar-refractivity contribution in [2.45, 2.75) is 243 Å². The largest absolute Gasteiger partial charge is 0.478 e. The van der Waals surface area contributed by atoms with Gasteiger partial charge in [-0.1, -0.05) is 104 Å². The Morgan fingerprint density at radius 1 is 0.839 bits per heavy atom. The number of hydrogen-bond acceptors (Lipinski definition) is 8. The Hall–Kier alpha value is -1.50. The molecule has 0 aromatic carbocycles. The molecule has 11 heteroatoms. The Morgan fingerprint density at radius 3 is 2.00 bits per heavy atom. The molecule has 0 saturated carbocycles. The minimum Gasteiger partial charge on any atom is -0.478 e. The van der Waals surface area contributed by atoms with Crippen molar-refractivity contribution in [3.05, 3.63) is 12.2 Å². The Kier molecular flexibility index (Phi) is 19.9. The van der Waals surface area contributed by atoms with Crippen LogP contribution in [0.4, 0.5) is 4.79 Å². The lowest BCUT2D eigenvalue weighted by atomic mass is 9.94. The summed E-state index contributed by atoms with van der Waals surface area (Å²) in [5.41, 5.74) is -1.24. The van der Waals surface area contributed by atoms with E-state index in [1.165, 1.54) is 76.7 Å². The molecule has 0 aromatic heterocycles. The molecule has 1 N–H and O–H groups in total. The summed E-state index contributed by atoms with van der Waals surface area (Å²) in [5, 5.41) is 9.02. The van der Waals surface area contributed by atoms with Gasteiger partial charge in [0.15, 0.2) is 14.1 Å². The van der Waals surface area contributed by atoms with Crippen LogP contribution < -0.4 is 0 Å². The molecule has 5 atom stereocenters. The van der Waals surface area contributed by atoms with Crippen molar-refractivity contribution in [3.8, 4) is 0 Å². The van der Waals surface area contributed by atoms with E-state index in [9.17, 15) is 9.59 Å². The zero-order valence-electron chi connectivity index (χ0n) is 37.4. The molecule has 10 nitrogen and oxygen atoms in total. The van der Waals surface area contributed by atoms with E-state index in [-0.39, 0.29) is 35.5 Å². The van der Waals surface area contributed by atoms with Gasteiger partial charge >= 0.3 is 12.1 Å². The SMILES string of the molecule is CC(C)(C)OC(=O)N1[C@@H](COCCCCCCCCCCCCCCCC23CC[C@H](O[Si](C)(C)C(C)(C)C)C(O2)[C@@H](CCCC/C=C/C(=O)O)O3)COC1(C)C. The van der Waals surface area contributed by atoms with Crippen LogP contribution in [0.1, 0.15) is 184 Å². The van der Waals surface area contributed by atoms with Gasteiger partial charge in [-0.2, -0.15) is 0 Å². The Balaban J connectivity index is 1.22. The molecule has 3 rings (SSSR count). The number of fused-ring (bicyclic) bond motifs is 2. The first-order valence-electron chi connectivity index (χ1n) is 22.4. The van der Waals surface area contributed by atoms with Gasteiger partial charge < -0.3 is 33.2 Å². The lowest BCUT2D eigenvalue weighted by Crippen LogP contribution is -2.51. The lowest BCUT2D eigenvalue weighted by molar-refractivity contribution is -0.213. The van der Waals surface area contributed by atoms with Crippen LogP contribution in [0.3, 0.4) is 0 Å². The van der Waals surface area contributed by atoms with E-state index in [2.05, 4.69) is 33.9 Å². The fraction of sp³-hybridized carbons (Fsp3) is 0.911. The first kappa shape index (κ1) is 48.9. The van der Waals surface area contributed by atoms with Crippen LogP contribution in [-0.2, 0) is 32.9 Å². The second-order valence-electron chi connectivity index (χ2n) is 19.8. The number of nitrogens with zero attached hydrogens (tertiary/aromatic N) is 1. The van der Waals surface area contributed by atoms with Crippen molar-refractivity contribution >= 4 is 20.4 Å². The molecular formula is C45H83NO9Si. The molecule has 56 heavy (non-hydrogen) atoms. The van der Waals surface area contributed by atoms with Gasteiger partial charge in [0.25, 0.3) is 0 Å². The topological polar surface area (TPSA) is 113 Å². The zero-order valence-corrected chi connectivity index (χ0v) is 38.4. The van der Waals surface area contributed by atoms with Gasteiger partial charge in [-0.25, -0.2) is 9.59 Å². The summed E-state index contributed by atoms with van der Waals surface area (Å²) in [4.78, 5) is 25.3. The highest BCUT2D eigenvalue weighted by atomic mass is 28.4. The van der Waals surface area contributed by atoms with Gasteiger partial charge in [0.05, 0.1) is 31.5 Å². The van der Waals surface area contributed by atoms with E-state index in [1.54, 1.807) is 11.0 Å². The van der Waals surface area contributed by atoms with Gasteiger partial charge in [-0.3, -0.25) is 4.90 Å². The fourth-order valence-electron chi connectivity index (χ4n) is 8.04. The average Bonchev–Trinajstić information content (AvgIpc) is 3.56. The van der Waals surface area contributed by atoms with Gasteiger partial charge in [0.1, 0.15) is 17.4 Å². The number of carbonyl (C=O) groups is 2. The predicted molar refractivity (Wildman–Crippen MR) is 226 cm³/mol. The number of ether oxygens (including phenoxy) is 5. The van der Waals surface area contributed by atoms with Crippen molar-refractivity contribution in [2.24, 2.45) is 0 Å². The summed E-state index contributed by atoms with van der Waals surface area (Å²) in [6.45, 7) is 22.6. The molecule has 0 radical (unpaired) electrons. The summed E-state index contributed by atoms with van der Waals surface area (Å²) in [6, 6.07) is -0.125. The average molecular weight is 810 g/mol. The van der Waals surface area contributed by atoms with Gasteiger partial charge in [-0.15, -0.1) is 0 Å². The third kappa shape index (κ3) is 16.6. The summed E-state index contributed by atoms with van der Waals surface area (Å²) in [5.74, 6) is -1.35. The second kappa shape index (κ2) is 22.8. The number of carboxylic acid groups (broad SMARTS) is 1. The Bertz CT molecular complexity index is 1190. The van der Waals surface area contributed by atoms with Crippen molar-refractivity contribution < 1.29 is 42.8 Å². The van der Waals surface area contributed by atoms with Crippen molar-refractivity contribution in [1.29, 1.82) is 0 Å². The highest BCUT2D eigenvalue weighted by molar-refractivity contribution is 6.74. The summed E-state index contributed by atoms with van der Waals surface area (Å²) in [7, 11) is -1.94. The maximum atomic E-state index is 12.8. The molecule has 2 unspecified atom stereocenters. The Labute approximate surface area is 342 Å². The van der Waals surface area contributed by atoms with Crippen molar-refractivity contribution in [3.63, 3.8) is 0 Å². The van der Waals surface area contributed by atoms with Crippen molar-refractivity contribution in [1.82, 2.24) is 4.90 Å². The van der Waals surface area contributed by atoms with Crippen LogP contribution in [0.15, 0.2) is 12.2 Å². The molecule has 3 aliphatic rings. The molecule has 3 heterocycles. The molecule has 1 amide bonds. The number of carbonyl (C=O) groups excluding carboxylic acids is 1. The van der Waals surface area contributed by atoms with Crippen LogP contribution in [0.2, 0.25) is 18.1 Å². The monoisotopic (exact) mass is 810 g/mol. The summed E-state index contributed by atoms with van der Waals surface area (Å²) >= 11 is 0. The van der Waals surface area contributed by atoms with Crippen LogP contribution in [0.25, 0.3) is 0 Å². The number of aliphatic carboxylic acids is 1. The molecule has 2 bridgehead atoms. The summed E-state index contributed by atoms with van der Waals surface area (Å²) < 4.78 is 38.0. The smallest absolute Gasteiger partial charge is 0.412 e. The number of rotatable bonds is 26. The maximum Gasteiger partial charge on any atom is 0.412 e. The first-order valence-corrected chi connectivity index (χ1v) is 25.3. The Morgan fingerprint density at radius 2 is 1.43 bits per heavy atom. The van der Waals surface area contributed by atoms with E-state index in [0.29, 0.717) is 19.8 Å². The minimum absolute atomic E-state index is 0.0166. The molecule has 0 aliphatic carbocycles. The molecule has 0 spiro atoms. The third-order valence-corrected chi connectivity index (χ3v) is 16.7. The van der Waals surface area contributed by atoms with Gasteiger partial charge in [0.2, 0.25) is 0 Å². The third-order valence-electron chi connectivity index (χ3n) is 12.2. The van der Waals surface area contributed by atoms with E-state index < -0.39 is 31.4 Å². The molecule has 0 aromatic rings. The number of hydrogen-bond donors (Lipinski definition) is 1. The second-order valence-corrected chi connectivity index (χ2v) is 24.6. The van der Waals surface area contributed by atoms with E-state index in [4.69, 9.17) is 33.2 Å². The highest BCUT2D eigenvalue weighted by Gasteiger charge is 2.55. The summed E-state index contributed by atoms with van der Waals surface area (Å²) in [6.07, 6.45) is 25.6. The van der Waals surface area contributed by atoms with Gasteiger partial charge in [0, 0.05) is 25.5 Å². The van der Waals surface area contributed by atoms with Crippen LogP contribution in [-0.4, -0.2) is 91.7 Å². The zero-order chi connectivity index (χ0) is 41.5. The van der Waals surface area contributed by atoms with Crippen LogP contribution >= 0.6 is 0 Å². The molecule has 326 valence electrons. The van der Waals surface area contributed by atoms with Crippen LogP contribution in [0.5, 0.6) is 0 Å². The molecule has 3 aliphatic heterocycles. The number of unbranched alkanes of at least 4 members (excludes halogenated alkanes) is 14.